The van der Waals surface area contributed by atoms with Crippen molar-refractivity contribution >= 4 is 11.8 Å². The predicted molar refractivity (Wildman–Crippen MR) is 98.4 cm³/mol. The first-order valence-electron chi connectivity index (χ1n) is 9.87. The number of unbranched alkanes of at least 4 members (excludes halogenated alkanes) is 9. The van der Waals surface area contributed by atoms with Crippen molar-refractivity contribution in [2.45, 2.75) is 77.6 Å². The number of likely N-dealkylation sites (tertiary alicyclic amines) is 1. The molecule has 2 unspecified atom stereocenters. The SMILES string of the molecule is C=C1C=CCC2C(=O)N(CCCCCCCCCCCC)C(=O)C12. The number of allylic oxidation sites excluding steroid dienone is 2. The minimum atomic E-state index is -0.286. The Balaban J connectivity index is 1.59. The van der Waals surface area contributed by atoms with Crippen molar-refractivity contribution in [3.8, 4) is 0 Å². The van der Waals surface area contributed by atoms with Crippen LogP contribution in [0, 0.1) is 11.8 Å². The zero-order valence-electron chi connectivity index (χ0n) is 15.3. The van der Waals surface area contributed by atoms with E-state index >= 15 is 0 Å². The van der Waals surface area contributed by atoms with E-state index in [4.69, 9.17) is 0 Å². The van der Waals surface area contributed by atoms with Gasteiger partial charge in [0.25, 0.3) is 0 Å². The van der Waals surface area contributed by atoms with Crippen molar-refractivity contribution in [1.82, 2.24) is 4.90 Å². The molecule has 1 aliphatic carbocycles. The highest BCUT2D eigenvalue weighted by Gasteiger charge is 2.48. The van der Waals surface area contributed by atoms with Crippen LogP contribution in [0.2, 0.25) is 0 Å². The molecule has 0 aromatic rings. The van der Waals surface area contributed by atoms with Crippen molar-refractivity contribution < 1.29 is 9.59 Å². The Morgan fingerprint density at radius 3 is 2.12 bits per heavy atom. The molecule has 1 heterocycles. The molecule has 3 heteroatoms. The summed E-state index contributed by atoms with van der Waals surface area (Å²) in [6.45, 7) is 6.79. The normalized spacial score (nSPS) is 23.2. The molecule has 0 spiro atoms. The molecule has 1 aliphatic heterocycles. The summed E-state index contributed by atoms with van der Waals surface area (Å²) in [5, 5.41) is 0. The number of rotatable bonds is 11. The molecule has 0 saturated carbocycles. The van der Waals surface area contributed by atoms with Crippen LogP contribution in [0.15, 0.2) is 24.3 Å². The van der Waals surface area contributed by atoms with Gasteiger partial charge in [-0.2, -0.15) is 0 Å². The van der Waals surface area contributed by atoms with Crippen LogP contribution in [0.1, 0.15) is 77.6 Å². The second kappa shape index (κ2) is 9.80. The second-order valence-corrected chi connectivity index (χ2v) is 7.31. The van der Waals surface area contributed by atoms with Gasteiger partial charge >= 0.3 is 0 Å². The molecule has 0 aromatic carbocycles. The van der Waals surface area contributed by atoms with Crippen molar-refractivity contribution in [1.29, 1.82) is 0 Å². The van der Waals surface area contributed by atoms with Crippen molar-refractivity contribution in [3.05, 3.63) is 24.3 Å². The average Bonchev–Trinajstić information content (AvgIpc) is 2.82. The summed E-state index contributed by atoms with van der Waals surface area (Å²) in [5.41, 5.74) is 0.801. The van der Waals surface area contributed by atoms with E-state index in [9.17, 15) is 9.59 Å². The third-order valence-corrected chi connectivity index (χ3v) is 5.37. The minimum absolute atomic E-state index is 0.0183. The number of amides is 2. The molecule has 0 aromatic heterocycles. The fourth-order valence-electron chi connectivity index (χ4n) is 3.89. The summed E-state index contributed by atoms with van der Waals surface area (Å²) in [4.78, 5) is 26.4. The van der Waals surface area contributed by atoms with Gasteiger partial charge in [-0.15, -0.1) is 0 Å². The van der Waals surface area contributed by atoms with Gasteiger partial charge in [-0.1, -0.05) is 83.4 Å². The van der Waals surface area contributed by atoms with E-state index in [-0.39, 0.29) is 23.7 Å². The zero-order chi connectivity index (χ0) is 17.4. The molecule has 2 rings (SSSR count). The summed E-state index contributed by atoms with van der Waals surface area (Å²) >= 11 is 0. The number of nitrogens with zero attached hydrogens (tertiary/aromatic N) is 1. The maximum Gasteiger partial charge on any atom is 0.237 e. The molecule has 0 bridgehead atoms. The van der Waals surface area contributed by atoms with E-state index in [1.165, 1.54) is 56.3 Å². The van der Waals surface area contributed by atoms with Crippen LogP contribution in [0.3, 0.4) is 0 Å². The number of carbonyl (C=O) groups is 2. The lowest BCUT2D eigenvalue weighted by molar-refractivity contribution is -0.139. The zero-order valence-corrected chi connectivity index (χ0v) is 15.3. The molecular weight excluding hydrogens is 298 g/mol. The second-order valence-electron chi connectivity index (χ2n) is 7.31. The molecule has 3 nitrogen and oxygen atoms in total. The average molecular weight is 332 g/mol. The van der Waals surface area contributed by atoms with Gasteiger partial charge in [0.1, 0.15) is 0 Å². The number of hydrogen-bond donors (Lipinski definition) is 0. The highest BCUT2D eigenvalue weighted by Crippen LogP contribution is 2.37. The summed E-state index contributed by atoms with van der Waals surface area (Å²) in [7, 11) is 0. The Kier molecular flexibility index (Phi) is 7.74. The maximum atomic E-state index is 12.5. The Bertz CT molecular complexity index is 480. The van der Waals surface area contributed by atoms with Gasteiger partial charge in [-0.3, -0.25) is 14.5 Å². The maximum absolute atomic E-state index is 12.5. The van der Waals surface area contributed by atoms with E-state index < -0.39 is 0 Å². The molecule has 24 heavy (non-hydrogen) atoms. The van der Waals surface area contributed by atoms with Crippen LogP contribution in [0.5, 0.6) is 0 Å². The van der Waals surface area contributed by atoms with Crippen molar-refractivity contribution in [2.75, 3.05) is 6.54 Å². The summed E-state index contributed by atoms with van der Waals surface area (Å²) in [6, 6.07) is 0. The Morgan fingerprint density at radius 2 is 1.54 bits per heavy atom. The first kappa shape index (κ1) is 19.0. The fourth-order valence-corrected chi connectivity index (χ4v) is 3.89. The van der Waals surface area contributed by atoms with Gasteiger partial charge in [0.15, 0.2) is 0 Å². The Morgan fingerprint density at radius 1 is 0.958 bits per heavy atom. The topological polar surface area (TPSA) is 37.4 Å². The Labute approximate surface area is 147 Å². The molecule has 2 aliphatic rings. The lowest BCUT2D eigenvalue weighted by Gasteiger charge is -2.17. The highest BCUT2D eigenvalue weighted by atomic mass is 16.2. The Hall–Kier alpha value is -1.38. The molecule has 1 fully saturated rings. The first-order valence-corrected chi connectivity index (χ1v) is 9.87. The van der Waals surface area contributed by atoms with Crippen LogP contribution >= 0.6 is 0 Å². The molecule has 0 N–H and O–H groups in total. The molecule has 1 saturated heterocycles. The van der Waals surface area contributed by atoms with Crippen LogP contribution in [0.25, 0.3) is 0 Å². The highest BCUT2D eigenvalue weighted by molar-refractivity contribution is 6.07. The fraction of sp³-hybridized carbons (Fsp3) is 0.714. The van der Waals surface area contributed by atoms with E-state index in [1.54, 1.807) is 0 Å². The standard InChI is InChI=1S/C21H33NO2/c1-3-4-5-6-7-8-9-10-11-12-16-22-20(23)18-15-13-14-17(2)19(18)21(22)24/h13-14,18-19H,2-12,15-16H2,1H3. The molecule has 2 atom stereocenters. The lowest BCUT2D eigenvalue weighted by Crippen LogP contribution is -2.32. The monoisotopic (exact) mass is 331 g/mol. The number of fused-ring (bicyclic) bond motifs is 1. The molecule has 2 amide bonds. The van der Waals surface area contributed by atoms with Crippen LogP contribution in [0.4, 0.5) is 0 Å². The number of hydrogen-bond acceptors (Lipinski definition) is 2. The lowest BCUT2D eigenvalue weighted by atomic mass is 9.82. The largest absolute Gasteiger partial charge is 0.282 e. The van der Waals surface area contributed by atoms with Gasteiger partial charge in [0.05, 0.1) is 11.8 Å². The van der Waals surface area contributed by atoms with E-state index in [0.29, 0.717) is 13.0 Å². The van der Waals surface area contributed by atoms with Gasteiger partial charge in [0, 0.05) is 6.54 Å². The van der Waals surface area contributed by atoms with E-state index in [1.807, 2.05) is 12.2 Å². The van der Waals surface area contributed by atoms with E-state index in [0.717, 1.165) is 18.4 Å². The third-order valence-electron chi connectivity index (χ3n) is 5.37. The molecule has 134 valence electrons. The first-order chi connectivity index (χ1) is 11.7. The van der Waals surface area contributed by atoms with Crippen LogP contribution in [-0.2, 0) is 9.59 Å². The van der Waals surface area contributed by atoms with Crippen molar-refractivity contribution in [3.63, 3.8) is 0 Å². The van der Waals surface area contributed by atoms with Crippen LogP contribution in [-0.4, -0.2) is 23.3 Å². The quantitative estimate of drug-likeness (QED) is 0.393. The summed E-state index contributed by atoms with van der Waals surface area (Å²) < 4.78 is 0. The predicted octanol–water partition coefficient (Wildman–Crippen LogP) is 5.02. The van der Waals surface area contributed by atoms with Crippen molar-refractivity contribution in [2.24, 2.45) is 11.8 Å². The minimum Gasteiger partial charge on any atom is -0.282 e. The molecule has 0 radical (unpaired) electrons. The summed E-state index contributed by atoms with van der Waals surface area (Å²) in [5.74, 6) is -0.467. The number of carbonyl (C=O) groups excluding carboxylic acids is 2. The van der Waals surface area contributed by atoms with Gasteiger partial charge in [0.2, 0.25) is 11.8 Å². The molecular formula is C21H33NO2. The van der Waals surface area contributed by atoms with Gasteiger partial charge < -0.3 is 0 Å². The van der Waals surface area contributed by atoms with Gasteiger partial charge in [-0.25, -0.2) is 0 Å². The third kappa shape index (κ3) is 4.81. The van der Waals surface area contributed by atoms with Crippen LogP contribution < -0.4 is 0 Å². The summed E-state index contributed by atoms with van der Waals surface area (Å²) in [6.07, 6.45) is 17.2. The van der Waals surface area contributed by atoms with Gasteiger partial charge in [-0.05, 0) is 18.4 Å². The smallest absolute Gasteiger partial charge is 0.237 e. The number of imide groups is 1. The van der Waals surface area contributed by atoms with E-state index in [2.05, 4.69) is 13.5 Å².